The lowest BCUT2D eigenvalue weighted by molar-refractivity contribution is 0.102. The van der Waals surface area contributed by atoms with Crippen LogP contribution < -0.4 is 14.8 Å². The van der Waals surface area contributed by atoms with Gasteiger partial charge in [0.05, 0.1) is 5.02 Å². The normalized spacial score (nSPS) is 16.4. The van der Waals surface area contributed by atoms with Crippen molar-refractivity contribution in [1.82, 2.24) is 10.2 Å². The molecule has 1 aromatic heterocycles. The molecule has 2 aliphatic rings. The van der Waals surface area contributed by atoms with Gasteiger partial charge in [0.15, 0.2) is 11.5 Å². The zero-order valence-electron chi connectivity index (χ0n) is 11.5. The number of anilines is 1. The van der Waals surface area contributed by atoms with Gasteiger partial charge in [0, 0.05) is 11.5 Å². The molecule has 2 heterocycles. The second-order valence-electron chi connectivity index (χ2n) is 5.16. The van der Waals surface area contributed by atoms with Crippen molar-refractivity contribution in [3.8, 4) is 11.5 Å². The quantitative estimate of drug-likeness (QED) is 0.931. The molecule has 22 heavy (non-hydrogen) atoms. The molecule has 0 unspecified atom stereocenters. The van der Waals surface area contributed by atoms with Crippen molar-refractivity contribution >= 4 is 34.0 Å². The van der Waals surface area contributed by atoms with Crippen LogP contribution >= 0.6 is 22.9 Å². The molecule has 1 aliphatic carbocycles. The van der Waals surface area contributed by atoms with Gasteiger partial charge >= 0.3 is 0 Å². The summed E-state index contributed by atoms with van der Waals surface area (Å²) in [5.74, 6) is 1.19. The second-order valence-corrected chi connectivity index (χ2v) is 6.57. The van der Waals surface area contributed by atoms with Crippen LogP contribution in [0.4, 0.5) is 5.13 Å². The van der Waals surface area contributed by atoms with E-state index < -0.39 is 0 Å². The Labute approximate surface area is 135 Å². The van der Waals surface area contributed by atoms with Gasteiger partial charge in [-0.1, -0.05) is 22.9 Å². The minimum atomic E-state index is -0.294. The average molecular weight is 338 g/mol. The first-order valence-electron chi connectivity index (χ1n) is 6.94. The van der Waals surface area contributed by atoms with E-state index >= 15 is 0 Å². The lowest BCUT2D eigenvalue weighted by Gasteiger charge is -2.20. The molecule has 0 spiro atoms. The Bertz CT molecular complexity index is 745. The topological polar surface area (TPSA) is 73.3 Å². The lowest BCUT2D eigenvalue weighted by Crippen LogP contribution is -2.17. The third kappa shape index (κ3) is 2.62. The van der Waals surface area contributed by atoms with Gasteiger partial charge in [0.25, 0.3) is 5.91 Å². The Morgan fingerprint density at radius 1 is 1.27 bits per heavy atom. The molecule has 1 saturated carbocycles. The van der Waals surface area contributed by atoms with Crippen LogP contribution in [0.1, 0.15) is 34.1 Å². The first-order valence-corrected chi connectivity index (χ1v) is 8.14. The van der Waals surface area contributed by atoms with Crippen LogP contribution in [0.2, 0.25) is 5.02 Å². The predicted molar refractivity (Wildman–Crippen MR) is 82.3 cm³/mol. The summed E-state index contributed by atoms with van der Waals surface area (Å²) in [4.78, 5) is 12.3. The van der Waals surface area contributed by atoms with Gasteiger partial charge in [-0.15, -0.1) is 10.2 Å². The van der Waals surface area contributed by atoms with Crippen LogP contribution in [0.15, 0.2) is 12.1 Å². The van der Waals surface area contributed by atoms with Crippen LogP contribution in [-0.4, -0.2) is 29.3 Å². The van der Waals surface area contributed by atoms with Gasteiger partial charge in [-0.3, -0.25) is 10.1 Å². The summed E-state index contributed by atoms with van der Waals surface area (Å²) in [6.45, 7) is 0.891. The first-order chi connectivity index (χ1) is 10.7. The zero-order valence-corrected chi connectivity index (χ0v) is 13.0. The van der Waals surface area contributed by atoms with Gasteiger partial charge in [0.2, 0.25) is 5.13 Å². The monoisotopic (exact) mass is 337 g/mol. The van der Waals surface area contributed by atoms with Gasteiger partial charge in [0.1, 0.15) is 18.2 Å². The van der Waals surface area contributed by atoms with Crippen molar-refractivity contribution in [3.63, 3.8) is 0 Å². The predicted octanol–water partition coefficient (Wildman–Crippen LogP) is 3.09. The highest BCUT2D eigenvalue weighted by Crippen LogP contribution is 2.42. The Hall–Kier alpha value is -1.86. The molecule has 4 rings (SSSR count). The summed E-state index contributed by atoms with van der Waals surface area (Å²) in [5.41, 5.74) is 0.400. The summed E-state index contributed by atoms with van der Waals surface area (Å²) in [5, 5.41) is 12.7. The smallest absolute Gasteiger partial charge is 0.257 e. The fourth-order valence-electron chi connectivity index (χ4n) is 2.19. The number of fused-ring (bicyclic) bond motifs is 1. The molecule has 8 heteroatoms. The summed E-state index contributed by atoms with van der Waals surface area (Å²) in [6.07, 6.45) is 2.31. The van der Waals surface area contributed by atoms with E-state index in [9.17, 15) is 4.79 Å². The highest BCUT2D eigenvalue weighted by molar-refractivity contribution is 7.15. The maximum absolute atomic E-state index is 12.3. The number of hydrogen-bond acceptors (Lipinski definition) is 6. The largest absolute Gasteiger partial charge is 0.486 e. The van der Waals surface area contributed by atoms with Crippen molar-refractivity contribution in [1.29, 1.82) is 0 Å². The molecule has 0 radical (unpaired) electrons. The van der Waals surface area contributed by atoms with Crippen molar-refractivity contribution in [2.24, 2.45) is 0 Å². The van der Waals surface area contributed by atoms with Crippen molar-refractivity contribution in [2.45, 2.75) is 18.8 Å². The molecule has 1 fully saturated rings. The first kappa shape index (κ1) is 13.8. The third-order valence-electron chi connectivity index (χ3n) is 3.45. The number of rotatable bonds is 3. The number of ether oxygens (including phenoxy) is 2. The SMILES string of the molecule is O=C(Nc1nnc(C2CC2)s1)c1cc(Cl)c2c(c1)OCCO2. The van der Waals surface area contributed by atoms with E-state index in [1.165, 1.54) is 11.3 Å². The fourth-order valence-corrected chi connectivity index (χ4v) is 3.36. The van der Waals surface area contributed by atoms with Crippen LogP contribution in [0.5, 0.6) is 11.5 Å². The van der Waals surface area contributed by atoms with Crippen molar-refractivity contribution in [3.05, 3.63) is 27.7 Å². The van der Waals surface area contributed by atoms with E-state index in [0.717, 1.165) is 17.8 Å². The molecule has 1 aliphatic heterocycles. The Morgan fingerprint density at radius 3 is 2.91 bits per heavy atom. The average Bonchev–Trinajstić information content (AvgIpc) is 3.27. The summed E-state index contributed by atoms with van der Waals surface area (Å²) in [7, 11) is 0. The molecule has 6 nitrogen and oxygen atoms in total. The second kappa shape index (κ2) is 5.40. The minimum absolute atomic E-state index is 0.294. The van der Waals surface area contributed by atoms with E-state index in [4.69, 9.17) is 21.1 Å². The number of amides is 1. The Balaban J connectivity index is 1.55. The van der Waals surface area contributed by atoms with Crippen LogP contribution in [0.25, 0.3) is 0 Å². The number of aromatic nitrogens is 2. The molecule has 0 atom stereocenters. The number of nitrogens with zero attached hydrogens (tertiary/aromatic N) is 2. The van der Waals surface area contributed by atoms with Crippen LogP contribution in [0, 0.1) is 0 Å². The van der Waals surface area contributed by atoms with E-state index in [-0.39, 0.29) is 5.91 Å². The highest BCUT2D eigenvalue weighted by Gasteiger charge is 2.28. The molecule has 0 bridgehead atoms. The zero-order chi connectivity index (χ0) is 15.1. The number of hydrogen-bond donors (Lipinski definition) is 1. The molecule has 1 amide bonds. The number of benzene rings is 1. The molecular formula is C14H12ClN3O3S. The van der Waals surface area contributed by atoms with Crippen molar-refractivity contribution < 1.29 is 14.3 Å². The number of nitrogens with one attached hydrogen (secondary N) is 1. The highest BCUT2D eigenvalue weighted by atomic mass is 35.5. The number of carbonyl (C=O) groups excluding carboxylic acids is 1. The van der Waals surface area contributed by atoms with Gasteiger partial charge < -0.3 is 9.47 Å². The van der Waals surface area contributed by atoms with Gasteiger partial charge in [-0.05, 0) is 25.0 Å². The van der Waals surface area contributed by atoms with Gasteiger partial charge in [-0.25, -0.2) is 0 Å². The summed E-state index contributed by atoms with van der Waals surface area (Å²) >= 11 is 7.55. The minimum Gasteiger partial charge on any atom is -0.486 e. The molecule has 0 saturated heterocycles. The van der Waals surface area contributed by atoms with Crippen LogP contribution in [0.3, 0.4) is 0 Å². The van der Waals surface area contributed by atoms with E-state index in [1.54, 1.807) is 12.1 Å². The maximum Gasteiger partial charge on any atom is 0.257 e. The number of carbonyl (C=O) groups is 1. The molecule has 114 valence electrons. The summed E-state index contributed by atoms with van der Waals surface area (Å²) in [6, 6.07) is 3.19. The molecular weight excluding hydrogens is 326 g/mol. The standard InChI is InChI=1S/C14H12ClN3O3S/c15-9-5-8(6-10-11(9)21-4-3-20-10)12(19)16-14-18-17-13(22-14)7-1-2-7/h5-7H,1-4H2,(H,16,18,19). The molecule has 1 N–H and O–H groups in total. The third-order valence-corrected chi connectivity index (χ3v) is 4.73. The van der Waals surface area contributed by atoms with Crippen LogP contribution in [-0.2, 0) is 0 Å². The fraction of sp³-hybridized carbons (Fsp3) is 0.357. The van der Waals surface area contributed by atoms with Gasteiger partial charge in [-0.2, -0.15) is 0 Å². The maximum atomic E-state index is 12.3. The summed E-state index contributed by atoms with van der Waals surface area (Å²) < 4.78 is 10.9. The van der Waals surface area contributed by atoms with Crippen molar-refractivity contribution in [2.75, 3.05) is 18.5 Å². The Kier molecular flexibility index (Phi) is 3.38. The molecule has 2 aromatic rings. The molecule has 1 aromatic carbocycles. The van der Waals surface area contributed by atoms with E-state index in [0.29, 0.717) is 46.3 Å². The van der Waals surface area contributed by atoms with E-state index in [2.05, 4.69) is 15.5 Å². The number of halogens is 1. The van der Waals surface area contributed by atoms with E-state index in [1.807, 2.05) is 0 Å². The lowest BCUT2D eigenvalue weighted by atomic mass is 10.2. The Morgan fingerprint density at radius 2 is 2.09 bits per heavy atom.